The third-order valence-corrected chi connectivity index (χ3v) is 11.5. The normalized spacial score (nSPS) is 57.9. The number of hydrogen-bond acceptors (Lipinski definition) is 10. The predicted octanol–water partition coefficient (Wildman–Crippen LogP) is -0.868. The molecule has 1 aromatic heterocycles. The number of aromatic nitrogens is 1. The standard InChI is InChI=1S/C25H35NO10/c1-12(2)21(30)16(35-15(27)14-7-6-10-26-14)22(31)17(4)11-20(29)18(21,5)24(22,34)25(36-20)19(17,28)9-8-13(3)23(25,32)33/h6-7,10,12-13,16,26,28-34H,8-9,11H2,1-5H3/t13?,16-,17+,18-,19?,20+,21-,22-,24-,25?/m1/s1. The van der Waals surface area contributed by atoms with Crippen LogP contribution in [0.4, 0.5) is 0 Å². The molecule has 36 heavy (non-hydrogen) atoms. The van der Waals surface area contributed by atoms with Crippen LogP contribution in [0, 0.1) is 22.7 Å². The summed E-state index contributed by atoms with van der Waals surface area (Å²) in [4.78, 5) is 15.9. The van der Waals surface area contributed by atoms with Gasteiger partial charge >= 0.3 is 5.97 Å². The van der Waals surface area contributed by atoms with Crippen molar-refractivity contribution in [3.63, 3.8) is 0 Å². The molecule has 11 heteroatoms. The molecule has 1 aromatic rings. The Morgan fingerprint density at radius 3 is 2.33 bits per heavy atom. The SMILES string of the molecule is CC1CCC2(O)C3(O[C@@]4(O)C[C@]2(C)[C@]2(O)[C@H](OC(=O)c5ccc[nH]5)[C@](O)(C(C)C)[C@]4(C)[C@]32O)C1(O)O. The fraction of sp³-hybridized carbons (Fsp3) is 0.800. The number of H-pyrrole nitrogens is 1. The van der Waals surface area contributed by atoms with E-state index in [1.165, 1.54) is 33.0 Å². The fourth-order valence-corrected chi connectivity index (χ4v) is 9.59. The Morgan fingerprint density at radius 2 is 1.78 bits per heavy atom. The number of rotatable bonds is 3. The number of ether oxygens (including phenoxy) is 2. The molecule has 6 bridgehead atoms. The second-order valence-electron chi connectivity index (χ2n) is 12.6. The van der Waals surface area contributed by atoms with Crippen LogP contribution in [0.1, 0.15) is 64.4 Å². The van der Waals surface area contributed by atoms with Crippen molar-refractivity contribution in [1.29, 1.82) is 0 Å². The van der Waals surface area contributed by atoms with Crippen molar-refractivity contribution in [3.05, 3.63) is 24.0 Å². The zero-order valence-electron chi connectivity index (χ0n) is 20.9. The van der Waals surface area contributed by atoms with E-state index in [-0.39, 0.29) is 18.5 Å². The summed E-state index contributed by atoms with van der Waals surface area (Å²) in [6.07, 6.45) is -0.878. The molecule has 6 fully saturated rings. The van der Waals surface area contributed by atoms with Gasteiger partial charge in [-0.15, -0.1) is 0 Å². The van der Waals surface area contributed by atoms with Crippen molar-refractivity contribution < 1.29 is 50.0 Å². The smallest absolute Gasteiger partial charge is 0.355 e. The highest BCUT2D eigenvalue weighted by atomic mass is 16.7. The maximum Gasteiger partial charge on any atom is 0.355 e. The highest BCUT2D eigenvalue weighted by Crippen LogP contribution is 2.91. The van der Waals surface area contributed by atoms with Crippen LogP contribution in [0.25, 0.3) is 0 Å². The Balaban J connectivity index is 1.72. The number of hydrogen-bond donors (Lipinski definition) is 8. The first-order valence-corrected chi connectivity index (χ1v) is 12.5. The summed E-state index contributed by atoms with van der Waals surface area (Å²) in [5, 5.41) is 85.6. The van der Waals surface area contributed by atoms with E-state index in [0.717, 1.165) is 0 Å². The van der Waals surface area contributed by atoms with E-state index < -0.39 is 80.7 Å². The fourth-order valence-electron chi connectivity index (χ4n) is 9.59. The number of carbonyl (C=O) groups excluding carboxylic acids is 1. The zero-order valence-corrected chi connectivity index (χ0v) is 20.9. The van der Waals surface area contributed by atoms with Gasteiger partial charge in [0.25, 0.3) is 0 Å². The lowest BCUT2D eigenvalue weighted by molar-refractivity contribution is -0.440. The summed E-state index contributed by atoms with van der Waals surface area (Å²) < 4.78 is 11.9. The second kappa shape index (κ2) is 6.02. The van der Waals surface area contributed by atoms with Crippen molar-refractivity contribution in [2.45, 2.75) is 99.6 Å². The summed E-state index contributed by atoms with van der Waals surface area (Å²) in [6.45, 7) is 7.33. The molecule has 2 saturated heterocycles. The number of esters is 1. The van der Waals surface area contributed by atoms with Crippen molar-refractivity contribution in [3.8, 4) is 0 Å². The lowest BCUT2D eigenvalue weighted by Gasteiger charge is -2.62. The molecule has 0 radical (unpaired) electrons. The summed E-state index contributed by atoms with van der Waals surface area (Å²) in [5.41, 5.74) is -17.0. The lowest BCUT2D eigenvalue weighted by Crippen LogP contribution is -2.80. The Labute approximate surface area is 207 Å². The largest absolute Gasteiger partial charge is 0.451 e. The van der Waals surface area contributed by atoms with Gasteiger partial charge in [0.1, 0.15) is 28.1 Å². The van der Waals surface area contributed by atoms with E-state index in [2.05, 4.69) is 4.98 Å². The van der Waals surface area contributed by atoms with Gasteiger partial charge in [-0.3, -0.25) is 0 Å². The van der Waals surface area contributed by atoms with Crippen LogP contribution in [-0.4, -0.2) is 92.4 Å². The van der Waals surface area contributed by atoms with Crippen molar-refractivity contribution >= 4 is 5.97 Å². The molecule has 11 nitrogen and oxygen atoms in total. The Kier molecular flexibility index (Phi) is 4.14. The molecule has 6 aliphatic rings. The number of nitrogens with one attached hydrogen (secondary N) is 1. The molecule has 2 aliphatic heterocycles. The van der Waals surface area contributed by atoms with Crippen LogP contribution < -0.4 is 0 Å². The van der Waals surface area contributed by atoms with E-state index in [4.69, 9.17) is 9.47 Å². The van der Waals surface area contributed by atoms with Crippen LogP contribution in [-0.2, 0) is 9.47 Å². The molecule has 8 N–H and O–H groups in total. The molecule has 3 unspecified atom stereocenters. The molecule has 3 heterocycles. The summed E-state index contributed by atoms with van der Waals surface area (Å²) >= 11 is 0. The summed E-state index contributed by atoms with van der Waals surface area (Å²) in [7, 11) is 0. The first-order valence-electron chi connectivity index (χ1n) is 12.5. The minimum absolute atomic E-state index is 0.0162. The number of carbonyl (C=O) groups is 1. The highest BCUT2D eigenvalue weighted by Gasteiger charge is 3.11. The molecule has 4 aliphatic carbocycles. The molecule has 0 amide bonds. The van der Waals surface area contributed by atoms with Crippen molar-refractivity contribution in [2.24, 2.45) is 22.7 Å². The Hall–Kier alpha value is -1.57. The Morgan fingerprint density at radius 1 is 1.14 bits per heavy atom. The van der Waals surface area contributed by atoms with E-state index in [0.29, 0.717) is 0 Å². The lowest BCUT2D eigenvalue weighted by atomic mass is 9.52. The van der Waals surface area contributed by atoms with Gasteiger partial charge in [0.2, 0.25) is 5.79 Å². The van der Waals surface area contributed by atoms with E-state index in [9.17, 15) is 40.5 Å². The summed E-state index contributed by atoms with van der Waals surface area (Å²) in [6, 6.07) is 2.99. The maximum atomic E-state index is 13.2. The molecule has 1 spiro atoms. The van der Waals surface area contributed by atoms with E-state index >= 15 is 0 Å². The molecule has 7 rings (SSSR count). The van der Waals surface area contributed by atoms with Crippen LogP contribution in [0.3, 0.4) is 0 Å². The van der Waals surface area contributed by atoms with Gasteiger partial charge in [0.05, 0.1) is 5.41 Å². The second-order valence-corrected chi connectivity index (χ2v) is 12.6. The molecule has 200 valence electrons. The highest BCUT2D eigenvalue weighted by molar-refractivity contribution is 5.87. The first kappa shape index (κ1) is 24.7. The van der Waals surface area contributed by atoms with Gasteiger partial charge in [-0.25, -0.2) is 4.79 Å². The van der Waals surface area contributed by atoms with Crippen molar-refractivity contribution in [2.75, 3.05) is 0 Å². The van der Waals surface area contributed by atoms with E-state index in [1.54, 1.807) is 19.9 Å². The van der Waals surface area contributed by atoms with Gasteiger partial charge in [-0.2, -0.15) is 0 Å². The topological polar surface area (TPSA) is 193 Å². The third kappa shape index (κ3) is 1.72. The van der Waals surface area contributed by atoms with Crippen LogP contribution in [0.2, 0.25) is 0 Å². The predicted molar refractivity (Wildman–Crippen MR) is 120 cm³/mol. The molecular weight excluding hydrogens is 474 g/mol. The molecular formula is C25H35NO10. The van der Waals surface area contributed by atoms with Gasteiger partial charge in [0, 0.05) is 24.0 Å². The first-order chi connectivity index (χ1) is 16.4. The van der Waals surface area contributed by atoms with Crippen LogP contribution in [0.15, 0.2) is 18.3 Å². The average Bonchev–Trinajstić information content (AvgIpc) is 3.41. The molecule has 0 aromatic carbocycles. The monoisotopic (exact) mass is 509 g/mol. The molecule has 4 saturated carbocycles. The van der Waals surface area contributed by atoms with Crippen LogP contribution >= 0.6 is 0 Å². The number of aromatic amines is 1. The van der Waals surface area contributed by atoms with Gasteiger partial charge < -0.3 is 50.2 Å². The minimum Gasteiger partial charge on any atom is -0.451 e. The minimum atomic E-state index is -2.94. The third-order valence-electron chi connectivity index (χ3n) is 11.5. The van der Waals surface area contributed by atoms with Gasteiger partial charge in [0.15, 0.2) is 17.5 Å². The number of aliphatic hydroxyl groups is 7. The average molecular weight is 510 g/mol. The quantitative estimate of drug-likeness (QED) is 0.188. The van der Waals surface area contributed by atoms with Gasteiger partial charge in [-0.1, -0.05) is 27.7 Å². The molecule has 10 atom stereocenters. The maximum absolute atomic E-state index is 13.2. The zero-order chi connectivity index (χ0) is 26.8. The summed E-state index contributed by atoms with van der Waals surface area (Å²) in [5.74, 6) is -8.12. The van der Waals surface area contributed by atoms with Crippen molar-refractivity contribution in [1.82, 2.24) is 4.98 Å². The van der Waals surface area contributed by atoms with Gasteiger partial charge in [-0.05, 0) is 37.8 Å². The van der Waals surface area contributed by atoms with Crippen LogP contribution in [0.5, 0.6) is 0 Å². The van der Waals surface area contributed by atoms with E-state index in [1.807, 2.05) is 0 Å². The Bertz CT molecular complexity index is 1170.